The zero-order valence-electron chi connectivity index (χ0n) is 15.3. The van der Waals surface area contributed by atoms with E-state index in [2.05, 4.69) is 10.1 Å². The minimum Gasteiger partial charge on any atom is -0.505 e. The lowest BCUT2D eigenvalue weighted by atomic mass is 9.91. The molecular weight excluding hydrogens is 421 g/mol. The Bertz CT molecular complexity index is 876. The fourth-order valence-corrected chi connectivity index (χ4v) is 3.46. The Labute approximate surface area is 166 Å². The molecule has 1 atom stereocenters. The predicted molar refractivity (Wildman–Crippen MR) is 92.5 cm³/mol. The summed E-state index contributed by atoms with van der Waals surface area (Å²) in [5.74, 6) is -2.93. The van der Waals surface area contributed by atoms with Gasteiger partial charge in [0, 0.05) is 31.7 Å². The van der Waals surface area contributed by atoms with E-state index in [0.717, 1.165) is 24.3 Å². The van der Waals surface area contributed by atoms with Crippen LogP contribution in [0.2, 0.25) is 0 Å². The van der Waals surface area contributed by atoms with E-state index in [1.165, 1.54) is 0 Å². The molecule has 0 amide bonds. The van der Waals surface area contributed by atoms with E-state index in [9.17, 15) is 35.8 Å². The largest absolute Gasteiger partial charge is 0.573 e. The number of piperazine rings is 1. The number of hydrogen-bond donors (Lipinski definition) is 2. The second-order valence-corrected chi connectivity index (χ2v) is 6.66. The molecule has 0 bridgehead atoms. The van der Waals surface area contributed by atoms with Crippen LogP contribution in [0.15, 0.2) is 36.4 Å². The standard InChI is InChI=1S/C19H17F7N2O2/c20-14-6-5-13(18(21,22)23)15(17(14)29)16(28-9-7-27-8-10-28)11-1-3-12(4-2-11)30-19(24,25)26/h1-6,16,27,29H,7-10H2/t16-/m0/s1. The van der Waals surface area contributed by atoms with Gasteiger partial charge in [0.05, 0.1) is 11.6 Å². The molecule has 4 nitrogen and oxygen atoms in total. The van der Waals surface area contributed by atoms with Crippen molar-refractivity contribution in [3.05, 3.63) is 58.9 Å². The number of aromatic hydroxyl groups is 1. The third kappa shape index (κ3) is 4.96. The third-order valence-electron chi connectivity index (χ3n) is 4.69. The van der Waals surface area contributed by atoms with E-state index in [4.69, 9.17) is 0 Å². The Kier molecular flexibility index (Phi) is 6.14. The predicted octanol–water partition coefficient (Wildman–Crippen LogP) is 4.44. The first kappa shape index (κ1) is 22.2. The van der Waals surface area contributed by atoms with E-state index in [1.54, 1.807) is 4.90 Å². The van der Waals surface area contributed by atoms with Gasteiger partial charge < -0.3 is 15.2 Å². The molecule has 2 aromatic rings. The minimum atomic E-state index is -4.93. The maximum absolute atomic E-state index is 14.0. The molecule has 0 aromatic heterocycles. The van der Waals surface area contributed by atoms with Crippen molar-refractivity contribution in [1.82, 2.24) is 10.2 Å². The number of rotatable bonds is 4. The monoisotopic (exact) mass is 438 g/mol. The van der Waals surface area contributed by atoms with Gasteiger partial charge in [-0.05, 0) is 29.8 Å². The number of phenols is 1. The molecular formula is C19H17F7N2O2. The number of benzene rings is 2. The zero-order chi connectivity index (χ0) is 22.1. The molecule has 1 aliphatic heterocycles. The maximum atomic E-state index is 14.0. The SMILES string of the molecule is Oc1c(F)ccc(C(F)(F)F)c1[C@H](c1ccc(OC(F)(F)F)cc1)N1CCNCC1. The highest BCUT2D eigenvalue weighted by Gasteiger charge is 2.40. The highest BCUT2D eigenvalue weighted by atomic mass is 19.4. The molecule has 3 rings (SSSR count). The summed E-state index contributed by atoms with van der Waals surface area (Å²) in [4.78, 5) is 1.60. The Morgan fingerprint density at radius 2 is 1.53 bits per heavy atom. The number of nitrogens with one attached hydrogen (secondary N) is 1. The molecule has 0 spiro atoms. The van der Waals surface area contributed by atoms with Crippen LogP contribution in [0.3, 0.4) is 0 Å². The molecule has 1 aliphatic rings. The van der Waals surface area contributed by atoms with Gasteiger partial charge in [-0.3, -0.25) is 4.90 Å². The van der Waals surface area contributed by atoms with Gasteiger partial charge in [-0.25, -0.2) is 4.39 Å². The van der Waals surface area contributed by atoms with Crippen molar-refractivity contribution in [1.29, 1.82) is 0 Å². The number of ether oxygens (including phenoxy) is 1. The summed E-state index contributed by atoms with van der Waals surface area (Å²) < 4.78 is 96.0. The van der Waals surface area contributed by atoms with E-state index in [-0.39, 0.29) is 18.7 Å². The van der Waals surface area contributed by atoms with Crippen LogP contribution >= 0.6 is 0 Å². The van der Waals surface area contributed by atoms with Gasteiger partial charge in [0.2, 0.25) is 0 Å². The third-order valence-corrected chi connectivity index (χ3v) is 4.69. The number of nitrogens with zero attached hydrogens (tertiary/aromatic N) is 1. The van der Waals surface area contributed by atoms with Crippen LogP contribution in [0, 0.1) is 5.82 Å². The smallest absolute Gasteiger partial charge is 0.505 e. The highest BCUT2D eigenvalue weighted by molar-refractivity contribution is 5.49. The van der Waals surface area contributed by atoms with Gasteiger partial charge in [-0.1, -0.05) is 12.1 Å². The minimum absolute atomic E-state index is 0.151. The number of halogens is 7. The van der Waals surface area contributed by atoms with Crippen molar-refractivity contribution in [3.63, 3.8) is 0 Å². The average molecular weight is 438 g/mol. The molecule has 2 aromatic carbocycles. The first-order chi connectivity index (χ1) is 14.0. The topological polar surface area (TPSA) is 44.7 Å². The molecule has 0 aliphatic carbocycles. The highest BCUT2D eigenvalue weighted by Crippen LogP contribution is 2.44. The van der Waals surface area contributed by atoms with Gasteiger partial charge in [-0.15, -0.1) is 13.2 Å². The lowest BCUT2D eigenvalue weighted by molar-refractivity contribution is -0.274. The van der Waals surface area contributed by atoms with Gasteiger partial charge in [0.25, 0.3) is 0 Å². The summed E-state index contributed by atoms with van der Waals surface area (Å²) in [5.41, 5.74) is -1.76. The Hall–Kier alpha value is -2.53. The van der Waals surface area contributed by atoms with Gasteiger partial charge in [0.1, 0.15) is 5.75 Å². The van der Waals surface area contributed by atoms with Crippen LogP contribution in [0.5, 0.6) is 11.5 Å². The summed E-state index contributed by atoms with van der Waals surface area (Å²) in [7, 11) is 0. The molecule has 164 valence electrons. The van der Waals surface area contributed by atoms with Gasteiger partial charge >= 0.3 is 12.5 Å². The van der Waals surface area contributed by atoms with E-state index in [1.807, 2.05) is 0 Å². The lowest BCUT2D eigenvalue weighted by Crippen LogP contribution is -2.45. The van der Waals surface area contributed by atoms with Crippen LogP contribution in [0.25, 0.3) is 0 Å². The van der Waals surface area contributed by atoms with Gasteiger partial charge in [0.15, 0.2) is 11.6 Å². The van der Waals surface area contributed by atoms with Crippen LogP contribution in [0.1, 0.15) is 22.7 Å². The Balaban J connectivity index is 2.12. The summed E-state index contributed by atoms with van der Waals surface area (Å²) in [6.45, 7) is 1.42. The summed E-state index contributed by atoms with van der Waals surface area (Å²) in [6.07, 6.45) is -9.81. The number of hydrogen-bond acceptors (Lipinski definition) is 4. The first-order valence-corrected chi connectivity index (χ1v) is 8.86. The summed E-state index contributed by atoms with van der Waals surface area (Å²) in [5, 5.41) is 13.3. The molecule has 0 saturated carbocycles. The van der Waals surface area contributed by atoms with E-state index < -0.39 is 47.0 Å². The molecule has 1 heterocycles. The van der Waals surface area contributed by atoms with Crippen molar-refractivity contribution in [2.24, 2.45) is 0 Å². The quantitative estimate of drug-likeness (QED) is 0.693. The van der Waals surface area contributed by atoms with Crippen molar-refractivity contribution in [2.75, 3.05) is 26.2 Å². The normalized spacial score (nSPS) is 17.0. The summed E-state index contributed by atoms with van der Waals surface area (Å²) in [6, 6.07) is 4.08. The van der Waals surface area contributed by atoms with Crippen molar-refractivity contribution in [3.8, 4) is 11.5 Å². The second-order valence-electron chi connectivity index (χ2n) is 6.66. The van der Waals surface area contributed by atoms with Crippen molar-refractivity contribution >= 4 is 0 Å². The van der Waals surface area contributed by atoms with Crippen LogP contribution < -0.4 is 10.1 Å². The van der Waals surface area contributed by atoms with E-state index in [0.29, 0.717) is 25.2 Å². The molecule has 2 N–H and O–H groups in total. The van der Waals surface area contributed by atoms with Crippen molar-refractivity contribution < 1.29 is 40.6 Å². The molecule has 1 saturated heterocycles. The van der Waals surface area contributed by atoms with Crippen molar-refractivity contribution in [2.45, 2.75) is 18.6 Å². The maximum Gasteiger partial charge on any atom is 0.573 e. The molecule has 0 radical (unpaired) electrons. The average Bonchev–Trinajstić information content (AvgIpc) is 2.65. The summed E-state index contributed by atoms with van der Waals surface area (Å²) >= 11 is 0. The number of alkyl halides is 6. The molecule has 1 fully saturated rings. The van der Waals surface area contributed by atoms with Crippen LogP contribution in [-0.4, -0.2) is 42.5 Å². The van der Waals surface area contributed by atoms with Crippen LogP contribution in [-0.2, 0) is 6.18 Å². The Morgan fingerprint density at radius 1 is 0.933 bits per heavy atom. The zero-order valence-corrected chi connectivity index (χ0v) is 15.3. The lowest BCUT2D eigenvalue weighted by Gasteiger charge is -2.37. The number of phenolic OH excluding ortho intramolecular Hbond substituents is 1. The van der Waals surface area contributed by atoms with E-state index >= 15 is 0 Å². The molecule has 30 heavy (non-hydrogen) atoms. The Morgan fingerprint density at radius 3 is 2.07 bits per heavy atom. The second kappa shape index (κ2) is 8.31. The fourth-order valence-electron chi connectivity index (χ4n) is 3.46. The molecule has 11 heteroatoms. The first-order valence-electron chi connectivity index (χ1n) is 8.86. The molecule has 0 unspecified atom stereocenters. The van der Waals surface area contributed by atoms with Crippen LogP contribution in [0.4, 0.5) is 30.7 Å². The van der Waals surface area contributed by atoms with Gasteiger partial charge in [-0.2, -0.15) is 13.2 Å². The fraction of sp³-hybridized carbons (Fsp3) is 0.368.